The third-order valence-electron chi connectivity index (χ3n) is 5.63. The number of likely N-dealkylation sites (tertiary alicyclic amines) is 1. The molecule has 2 saturated heterocycles. The van der Waals surface area contributed by atoms with Gasteiger partial charge in [0.1, 0.15) is 17.6 Å². The molecule has 0 aromatic carbocycles. The van der Waals surface area contributed by atoms with Gasteiger partial charge in [0.2, 0.25) is 0 Å². The van der Waals surface area contributed by atoms with Crippen molar-refractivity contribution in [1.82, 2.24) is 24.9 Å². The number of aromatic nitrogens is 2. The van der Waals surface area contributed by atoms with E-state index in [1.807, 2.05) is 18.0 Å². The molecule has 0 radical (unpaired) electrons. The highest BCUT2D eigenvalue weighted by Gasteiger charge is 2.44. The van der Waals surface area contributed by atoms with Gasteiger partial charge in [-0.2, -0.15) is 5.10 Å². The van der Waals surface area contributed by atoms with Crippen molar-refractivity contribution in [2.75, 3.05) is 33.2 Å². The number of aryl methyl sites for hydroxylation is 1. The van der Waals surface area contributed by atoms with Crippen LogP contribution < -0.4 is 5.32 Å². The Morgan fingerprint density at radius 1 is 1.28 bits per heavy atom. The molecule has 2 aliphatic rings. The molecule has 156 valence electrons. The SMILES string of the molecule is CN1C[C@H](C(=O)NCc2ccco2)OC2(CCN(C(=O)c3ccn(C)n3)CC2)C1. The summed E-state index contributed by atoms with van der Waals surface area (Å²) < 4.78 is 13.2. The van der Waals surface area contributed by atoms with Gasteiger partial charge in [0, 0.05) is 39.4 Å². The Balaban J connectivity index is 1.35. The summed E-state index contributed by atoms with van der Waals surface area (Å²) in [7, 11) is 3.80. The minimum atomic E-state index is -0.540. The predicted molar refractivity (Wildman–Crippen MR) is 104 cm³/mol. The summed E-state index contributed by atoms with van der Waals surface area (Å²) in [5.41, 5.74) is 0.0425. The lowest BCUT2D eigenvalue weighted by atomic mass is 9.88. The van der Waals surface area contributed by atoms with Crippen LogP contribution in [-0.4, -0.2) is 76.3 Å². The average molecular weight is 401 g/mol. The largest absolute Gasteiger partial charge is 0.467 e. The molecule has 0 aliphatic carbocycles. The summed E-state index contributed by atoms with van der Waals surface area (Å²) in [6, 6.07) is 5.35. The average Bonchev–Trinajstić information content (AvgIpc) is 3.37. The maximum absolute atomic E-state index is 12.6. The van der Waals surface area contributed by atoms with Crippen LogP contribution in [0, 0.1) is 0 Å². The van der Waals surface area contributed by atoms with Crippen molar-refractivity contribution < 1.29 is 18.7 Å². The lowest BCUT2D eigenvalue weighted by molar-refractivity contribution is -0.180. The molecule has 9 heteroatoms. The second-order valence-corrected chi connectivity index (χ2v) is 7.95. The number of furan rings is 1. The number of likely N-dealkylation sites (N-methyl/N-ethyl adjacent to an activating group) is 1. The second kappa shape index (κ2) is 8.00. The molecular weight excluding hydrogens is 374 g/mol. The first-order valence-electron chi connectivity index (χ1n) is 9.89. The van der Waals surface area contributed by atoms with Crippen molar-refractivity contribution in [3.8, 4) is 0 Å². The highest BCUT2D eigenvalue weighted by molar-refractivity contribution is 5.92. The predicted octanol–water partition coefficient (Wildman–Crippen LogP) is 0.635. The highest BCUT2D eigenvalue weighted by atomic mass is 16.5. The van der Waals surface area contributed by atoms with E-state index in [4.69, 9.17) is 9.15 Å². The molecule has 4 rings (SSSR count). The van der Waals surface area contributed by atoms with Crippen molar-refractivity contribution in [2.24, 2.45) is 7.05 Å². The van der Waals surface area contributed by atoms with Crippen LogP contribution in [0.4, 0.5) is 0 Å². The zero-order valence-electron chi connectivity index (χ0n) is 16.8. The molecule has 1 spiro atoms. The smallest absolute Gasteiger partial charge is 0.274 e. The zero-order valence-corrected chi connectivity index (χ0v) is 16.8. The first-order chi connectivity index (χ1) is 13.9. The molecule has 0 bridgehead atoms. The van der Waals surface area contributed by atoms with Gasteiger partial charge in [-0.3, -0.25) is 14.3 Å². The van der Waals surface area contributed by atoms with Gasteiger partial charge in [-0.15, -0.1) is 0 Å². The van der Waals surface area contributed by atoms with Crippen molar-refractivity contribution in [1.29, 1.82) is 0 Å². The maximum Gasteiger partial charge on any atom is 0.274 e. The summed E-state index contributed by atoms with van der Waals surface area (Å²) in [5, 5.41) is 7.09. The molecule has 9 nitrogen and oxygen atoms in total. The lowest BCUT2D eigenvalue weighted by Crippen LogP contribution is -2.61. The maximum atomic E-state index is 12.6. The summed E-state index contributed by atoms with van der Waals surface area (Å²) in [4.78, 5) is 29.2. The normalized spacial score (nSPS) is 22.0. The van der Waals surface area contributed by atoms with Crippen LogP contribution in [-0.2, 0) is 23.1 Å². The standard InChI is InChI=1S/C20H27N5O4/c1-23-13-17(18(26)21-12-15-4-3-11-28-15)29-20(14-23)6-9-25(10-7-20)19(27)16-5-8-24(2)22-16/h3-5,8,11,17H,6-7,9-10,12-14H2,1-2H3,(H,21,26)/t17-/m1/s1. The number of amides is 2. The summed E-state index contributed by atoms with van der Waals surface area (Å²) in [5.74, 6) is 0.509. The third-order valence-corrected chi connectivity index (χ3v) is 5.63. The number of nitrogens with zero attached hydrogens (tertiary/aromatic N) is 4. The molecular formula is C20H27N5O4. The Morgan fingerprint density at radius 2 is 2.07 bits per heavy atom. The van der Waals surface area contributed by atoms with Gasteiger partial charge in [0.15, 0.2) is 0 Å². The number of hydrogen-bond donors (Lipinski definition) is 1. The van der Waals surface area contributed by atoms with E-state index in [1.165, 1.54) is 0 Å². The van der Waals surface area contributed by atoms with Crippen LogP contribution in [0.3, 0.4) is 0 Å². The number of carbonyl (C=O) groups is 2. The van der Waals surface area contributed by atoms with E-state index >= 15 is 0 Å². The number of rotatable bonds is 4. The Morgan fingerprint density at radius 3 is 2.72 bits per heavy atom. The molecule has 1 atom stereocenters. The van der Waals surface area contributed by atoms with Crippen LogP contribution in [0.5, 0.6) is 0 Å². The zero-order chi connectivity index (χ0) is 20.4. The molecule has 29 heavy (non-hydrogen) atoms. The number of carbonyl (C=O) groups excluding carboxylic acids is 2. The van der Waals surface area contributed by atoms with E-state index in [1.54, 1.807) is 36.3 Å². The number of piperidine rings is 1. The Labute approximate surface area is 169 Å². The summed E-state index contributed by atoms with van der Waals surface area (Å²) in [6.07, 6.45) is 4.20. The van der Waals surface area contributed by atoms with Crippen molar-refractivity contribution in [3.63, 3.8) is 0 Å². The van der Waals surface area contributed by atoms with Crippen LogP contribution >= 0.6 is 0 Å². The minimum absolute atomic E-state index is 0.0580. The summed E-state index contributed by atoms with van der Waals surface area (Å²) >= 11 is 0. The number of ether oxygens (including phenoxy) is 1. The highest BCUT2D eigenvalue weighted by Crippen LogP contribution is 2.32. The molecule has 2 amide bonds. The third kappa shape index (κ3) is 4.35. The van der Waals surface area contributed by atoms with E-state index in [0.29, 0.717) is 50.5 Å². The second-order valence-electron chi connectivity index (χ2n) is 7.95. The van der Waals surface area contributed by atoms with Crippen LogP contribution in [0.2, 0.25) is 0 Å². The Hall–Kier alpha value is -2.65. The molecule has 1 N–H and O–H groups in total. The first-order valence-corrected chi connectivity index (χ1v) is 9.89. The molecule has 2 aromatic rings. The number of morpholine rings is 1. The van der Waals surface area contributed by atoms with E-state index in [-0.39, 0.29) is 11.8 Å². The van der Waals surface area contributed by atoms with Gasteiger partial charge in [0.05, 0.1) is 18.4 Å². The molecule has 0 unspecified atom stereocenters. The quantitative estimate of drug-likeness (QED) is 0.808. The van der Waals surface area contributed by atoms with Gasteiger partial charge in [-0.1, -0.05) is 0 Å². The topological polar surface area (TPSA) is 92.8 Å². The molecule has 0 saturated carbocycles. The van der Waals surface area contributed by atoms with Gasteiger partial charge in [0.25, 0.3) is 11.8 Å². The van der Waals surface area contributed by atoms with E-state index in [9.17, 15) is 9.59 Å². The van der Waals surface area contributed by atoms with Crippen molar-refractivity contribution in [2.45, 2.75) is 31.1 Å². The summed E-state index contributed by atoms with van der Waals surface area (Å²) in [6.45, 7) is 2.81. The van der Waals surface area contributed by atoms with E-state index in [0.717, 1.165) is 6.54 Å². The monoisotopic (exact) mass is 401 g/mol. The molecule has 4 heterocycles. The minimum Gasteiger partial charge on any atom is -0.467 e. The van der Waals surface area contributed by atoms with Gasteiger partial charge in [-0.25, -0.2) is 0 Å². The molecule has 2 fully saturated rings. The molecule has 2 aliphatic heterocycles. The van der Waals surface area contributed by atoms with Crippen LogP contribution in [0.15, 0.2) is 35.1 Å². The van der Waals surface area contributed by atoms with Gasteiger partial charge >= 0.3 is 0 Å². The number of nitrogens with one attached hydrogen (secondary N) is 1. The molecule has 2 aromatic heterocycles. The first kappa shape index (κ1) is 19.7. The fourth-order valence-corrected chi connectivity index (χ4v) is 4.14. The van der Waals surface area contributed by atoms with Crippen LogP contribution in [0.1, 0.15) is 29.1 Å². The Kier molecular flexibility index (Phi) is 5.42. The lowest BCUT2D eigenvalue weighted by Gasteiger charge is -2.48. The number of hydrogen-bond acceptors (Lipinski definition) is 6. The van der Waals surface area contributed by atoms with Crippen molar-refractivity contribution >= 4 is 11.8 Å². The fourth-order valence-electron chi connectivity index (χ4n) is 4.14. The van der Waals surface area contributed by atoms with Gasteiger partial charge in [-0.05, 0) is 38.1 Å². The van der Waals surface area contributed by atoms with Crippen LogP contribution in [0.25, 0.3) is 0 Å². The van der Waals surface area contributed by atoms with Crippen molar-refractivity contribution in [3.05, 3.63) is 42.1 Å². The Bertz CT molecular complexity index is 854. The van der Waals surface area contributed by atoms with E-state index in [2.05, 4.69) is 15.3 Å². The fraction of sp³-hybridized carbons (Fsp3) is 0.550. The van der Waals surface area contributed by atoms with Gasteiger partial charge < -0.3 is 24.3 Å². The van der Waals surface area contributed by atoms with E-state index < -0.39 is 11.7 Å².